The fourth-order valence-corrected chi connectivity index (χ4v) is 1.49. The van der Waals surface area contributed by atoms with Crippen LogP contribution in [0.5, 0.6) is 0 Å². The highest BCUT2D eigenvalue weighted by Gasteiger charge is 2.22. The highest BCUT2D eigenvalue weighted by molar-refractivity contribution is 6.64. The smallest absolute Gasteiger partial charge is 0.238 e. The molecule has 1 aliphatic rings. The van der Waals surface area contributed by atoms with Gasteiger partial charge in [-0.3, -0.25) is 9.69 Å². The number of hydrogen-bond donors (Lipinski definition) is 0. The lowest BCUT2D eigenvalue weighted by Crippen LogP contribution is -2.49. The Labute approximate surface area is 78.3 Å². The van der Waals surface area contributed by atoms with Gasteiger partial charge < -0.3 is 4.90 Å². The van der Waals surface area contributed by atoms with E-state index < -0.39 is 0 Å². The van der Waals surface area contributed by atoms with Gasteiger partial charge in [-0.05, 0) is 25.6 Å². The van der Waals surface area contributed by atoms with Crippen LogP contribution in [-0.2, 0) is 4.79 Å². The van der Waals surface area contributed by atoms with E-state index in [0.29, 0.717) is 0 Å². The maximum absolute atomic E-state index is 10.8. The summed E-state index contributed by atoms with van der Waals surface area (Å²) in [4.78, 5) is 15.2. The molecule has 1 unspecified atom stereocenters. The summed E-state index contributed by atoms with van der Waals surface area (Å²) in [5.41, 5.74) is 0. The van der Waals surface area contributed by atoms with Crippen molar-refractivity contribution in [3.63, 3.8) is 0 Å². The lowest BCUT2D eigenvalue weighted by molar-refractivity contribution is -0.116. The van der Waals surface area contributed by atoms with Gasteiger partial charge in [-0.15, -0.1) is 0 Å². The minimum atomic E-state index is -0.250. The van der Waals surface area contributed by atoms with Gasteiger partial charge in [0.25, 0.3) is 0 Å². The molecule has 0 aromatic rings. The number of halogens is 1. The summed E-state index contributed by atoms with van der Waals surface area (Å²) in [6, 6.07) is -0.125. The van der Waals surface area contributed by atoms with Crippen molar-refractivity contribution in [1.82, 2.24) is 9.80 Å². The number of carbonyl (C=O) groups excluding carboxylic acids is 1. The molecule has 0 aliphatic carbocycles. The van der Waals surface area contributed by atoms with Crippen LogP contribution in [0.2, 0.25) is 0 Å². The van der Waals surface area contributed by atoms with Crippen molar-refractivity contribution < 1.29 is 4.79 Å². The molecule has 0 aromatic carbocycles. The summed E-state index contributed by atoms with van der Waals surface area (Å²) in [7, 11) is 2.09. The van der Waals surface area contributed by atoms with E-state index in [1.165, 1.54) is 0 Å². The molecule has 0 aromatic heterocycles. The third-order valence-electron chi connectivity index (χ3n) is 2.41. The summed E-state index contributed by atoms with van der Waals surface area (Å²) in [5, 5.41) is -0.250. The first-order valence-electron chi connectivity index (χ1n) is 4.23. The van der Waals surface area contributed by atoms with Crippen LogP contribution in [0.15, 0.2) is 0 Å². The zero-order valence-electron chi connectivity index (χ0n) is 7.59. The Morgan fingerprint density at radius 3 is 2.25 bits per heavy atom. The van der Waals surface area contributed by atoms with Crippen LogP contribution in [0.25, 0.3) is 0 Å². The molecule has 1 atom stereocenters. The second-order valence-electron chi connectivity index (χ2n) is 3.32. The monoisotopic (exact) mass is 190 g/mol. The molecule has 4 heteroatoms. The molecule has 0 bridgehead atoms. The zero-order chi connectivity index (χ0) is 9.14. The number of likely N-dealkylation sites (N-methyl/N-ethyl adjacent to an activating group) is 1. The first-order valence-corrected chi connectivity index (χ1v) is 4.61. The first-order chi connectivity index (χ1) is 5.61. The van der Waals surface area contributed by atoms with E-state index in [-0.39, 0.29) is 11.3 Å². The van der Waals surface area contributed by atoms with Gasteiger partial charge in [0.1, 0.15) is 0 Å². The third-order valence-corrected chi connectivity index (χ3v) is 2.73. The van der Waals surface area contributed by atoms with Gasteiger partial charge in [-0.25, -0.2) is 0 Å². The number of rotatable bonds is 2. The molecule has 70 valence electrons. The largest absolute Gasteiger partial charge is 0.304 e. The standard InChI is InChI=1S/C8H15ClN2O/c1-7(8(9)12)11-5-3-10(2)4-6-11/h7H,3-6H2,1-2H3. The number of nitrogens with zero attached hydrogens (tertiary/aromatic N) is 2. The molecule has 0 saturated carbocycles. The van der Waals surface area contributed by atoms with Crippen LogP contribution in [0.3, 0.4) is 0 Å². The fraction of sp³-hybridized carbons (Fsp3) is 0.875. The van der Waals surface area contributed by atoms with Crippen molar-refractivity contribution >= 4 is 16.8 Å². The van der Waals surface area contributed by atoms with Crippen molar-refractivity contribution in [3.05, 3.63) is 0 Å². The zero-order valence-corrected chi connectivity index (χ0v) is 8.34. The summed E-state index contributed by atoms with van der Waals surface area (Å²) >= 11 is 5.40. The number of carbonyl (C=O) groups is 1. The quantitative estimate of drug-likeness (QED) is 0.589. The summed E-state index contributed by atoms with van der Waals surface area (Å²) in [5.74, 6) is 0. The lowest BCUT2D eigenvalue weighted by atomic mass is 10.2. The average Bonchev–Trinajstić information content (AvgIpc) is 2.04. The molecule has 1 aliphatic heterocycles. The van der Waals surface area contributed by atoms with Gasteiger partial charge in [0.2, 0.25) is 5.24 Å². The number of hydrogen-bond acceptors (Lipinski definition) is 3. The molecule has 0 spiro atoms. The van der Waals surface area contributed by atoms with Gasteiger partial charge >= 0.3 is 0 Å². The first kappa shape index (κ1) is 9.96. The Morgan fingerprint density at radius 1 is 1.33 bits per heavy atom. The summed E-state index contributed by atoms with van der Waals surface area (Å²) < 4.78 is 0. The van der Waals surface area contributed by atoms with Crippen molar-refractivity contribution in [2.24, 2.45) is 0 Å². The summed E-state index contributed by atoms with van der Waals surface area (Å²) in [6.07, 6.45) is 0. The van der Waals surface area contributed by atoms with E-state index >= 15 is 0 Å². The SMILES string of the molecule is CC(C(=O)Cl)N1CCN(C)CC1. The van der Waals surface area contributed by atoms with Crippen LogP contribution >= 0.6 is 11.6 Å². The van der Waals surface area contributed by atoms with Crippen LogP contribution in [0.1, 0.15) is 6.92 Å². The Balaban J connectivity index is 2.39. The third kappa shape index (κ3) is 2.44. The van der Waals surface area contributed by atoms with Crippen molar-refractivity contribution in [2.45, 2.75) is 13.0 Å². The van der Waals surface area contributed by atoms with Gasteiger partial charge in [-0.1, -0.05) is 0 Å². The Morgan fingerprint density at radius 2 is 1.83 bits per heavy atom. The van der Waals surface area contributed by atoms with E-state index in [9.17, 15) is 4.79 Å². The van der Waals surface area contributed by atoms with E-state index in [4.69, 9.17) is 11.6 Å². The van der Waals surface area contributed by atoms with Crippen molar-refractivity contribution in [1.29, 1.82) is 0 Å². The predicted octanol–water partition coefficient (Wildman–Crippen LogP) is 0.388. The minimum absolute atomic E-state index is 0.125. The molecule has 0 amide bonds. The Hall–Kier alpha value is -0.120. The normalized spacial score (nSPS) is 23.9. The van der Waals surface area contributed by atoms with Crippen molar-refractivity contribution in [2.75, 3.05) is 33.2 Å². The van der Waals surface area contributed by atoms with Gasteiger partial charge in [0.15, 0.2) is 0 Å². The molecular formula is C8H15ClN2O. The molecule has 0 N–H and O–H groups in total. The molecule has 0 radical (unpaired) electrons. The average molecular weight is 191 g/mol. The second kappa shape index (κ2) is 4.21. The van der Waals surface area contributed by atoms with Crippen LogP contribution in [-0.4, -0.2) is 54.3 Å². The molecular weight excluding hydrogens is 176 g/mol. The summed E-state index contributed by atoms with van der Waals surface area (Å²) in [6.45, 7) is 5.79. The molecule has 3 nitrogen and oxygen atoms in total. The fourth-order valence-electron chi connectivity index (χ4n) is 1.35. The maximum Gasteiger partial charge on any atom is 0.238 e. The van der Waals surface area contributed by atoms with Gasteiger partial charge in [-0.2, -0.15) is 0 Å². The van der Waals surface area contributed by atoms with E-state index in [1.54, 1.807) is 0 Å². The van der Waals surface area contributed by atoms with Crippen LogP contribution < -0.4 is 0 Å². The topological polar surface area (TPSA) is 23.6 Å². The highest BCUT2D eigenvalue weighted by Crippen LogP contribution is 2.06. The van der Waals surface area contributed by atoms with Crippen LogP contribution in [0, 0.1) is 0 Å². The van der Waals surface area contributed by atoms with Gasteiger partial charge in [0, 0.05) is 26.2 Å². The van der Waals surface area contributed by atoms with Gasteiger partial charge in [0.05, 0.1) is 6.04 Å². The van der Waals surface area contributed by atoms with Crippen LogP contribution in [0.4, 0.5) is 0 Å². The molecule has 12 heavy (non-hydrogen) atoms. The van der Waals surface area contributed by atoms with E-state index in [2.05, 4.69) is 16.8 Å². The Bertz CT molecular complexity index is 166. The van der Waals surface area contributed by atoms with Crippen molar-refractivity contribution in [3.8, 4) is 0 Å². The molecule has 1 fully saturated rings. The maximum atomic E-state index is 10.8. The lowest BCUT2D eigenvalue weighted by Gasteiger charge is -2.34. The second-order valence-corrected chi connectivity index (χ2v) is 3.69. The molecule has 1 saturated heterocycles. The molecule has 1 heterocycles. The number of piperazine rings is 1. The Kier molecular flexibility index (Phi) is 3.50. The molecule has 1 rings (SSSR count). The predicted molar refractivity (Wildman–Crippen MR) is 49.4 cm³/mol. The minimum Gasteiger partial charge on any atom is -0.304 e. The van der Waals surface area contributed by atoms with E-state index in [1.807, 2.05) is 6.92 Å². The highest BCUT2D eigenvalue weighted by atomic mass is 35.5. The van der Waals surface area contributed by atoms with E-state index in [0.717, 1.165) is 26.2 Å².